The van der Waals surface area contributed by atoms with Crippen LogP contribution >= 0.6 is 12.4 Å². The summed E-state index contributed by atoms with van der Waals surface area (Å²) < 4.78 is 32.1. The van der Waals surface area contributed by atoms with Crippen molar-refractivity contribution in [2.45, 2.75) is 56.2 Å². The maximum Gasteiger partial charge on any atom is 0.263 e. The molecule has 2 bridgehead atoms. The van der Waals surface area contributed by atoms with Gasteiger partial charge in [0.25, 0.3) is 5.91 Å². The van der Waals surface area contributed by atoms with Gasteiger partial charge in [-0.1, -0.05) is 0 Å². The second-order valence-corrected chi connectivity index (χ2v) is 10.3. The van der Waals surface area contributed by atoms with Crippen molar-refractivity contribution < 1.29 is 28.5 Å². The summed E-state index contributed by atoms with van der Waals surface area (Å²) in [5.41, 5.74) is 2.00. The molecule has 2 saturated heterocycles. The number of nitrogens with zero attached hydrogens (tertiary/aromatic N) is 3. The van der Waals surface area contributed by atoms with Crippen LogP contribution in [0.5, 0.6) is 11.6 Å². The minimum atomic E-state index is -0.387. The Morgan fingerprint density at radius 2 is 2.00 bits per heavy atom. The summed E-state index contributed by atoms with van der Waals surface area (Å²) in [6, 6.07) is 7.16. The molecule has 3 N–H and O–H groups in total. The second-order valence-electron chi connectivity index (χ2n) is 10.3. The minimum absolute atomic E-state index is 0. The van der Waals surface area contributed by atoms with Crippen LogP contribution in [-0.4, -0.2) is 63.5 Å². The highest BCUT2D eigenvalue weighted by atomic mass is 35.5. The van der Waals surface area contributed by atoms with E-state index in [4.69, 9.17) is 19.3 Å². The summed E-state index contributed by atoms with van der Waals surface area (Å²) in [4.78, 5) is 24.8. The Labute approximate surface area is 231 Å². The van der Waals surface area contributed by atoms with Gasteiger partial charge in [0.2, 0.25) is 5.88 Å². The first-order valence-corrected chi connectivity index (χ1v) is 13.0. The van der Waals surface area contributed by atoms with Gasteiger partial charge in [0, 0.05) is 23.7 Å². The Kier molecular flexibility index (Phi) is 7.86. The van der Waals surface area contributed by atoms with E-state index < -0.39 is 0 Å². The summed E-state index contributed by atoms with van der Waals surface area (Å²) in [6.07, 6.45) is 6.08. The molecule has 0 spiro atoms. The van der Waals surface area contributed by atoms with Gasteiger partial charge in [-0.25, -0.2) is 14.4 Å². The Hall–Kier alpha value is -3.12. The molecule has 7 rings (SSSR count). The van der Waals surface area contributed by atoms with Gasteiger partial charge in [-0.15, -0.1) is 12.4 Å². The maximum atomic E-state index is 14.9. The highest BCUT2D eigenvalue weighted by Crippen LogP contribution is 2.46. The van der Waals surface area contributed by atoms with E-state index >= 15 is 0 Å². The number of fused-ring (bicyclic) bond motifs is 5. The van der Waals surface area contributed by atoms with Crippen LogP contribution < -0.4 is 20.1 Å². The lowest BCUT2D eigenvalue weighted by Gasteiger charge is -2.53. The molecule has 39 heavy (non-hydrogen) atoms. The molecular formula is C27H31ClFN5O5. The molecule has 10 nitrogen and oxygen atoms in total. The molecule has 208 valence electrons. The van der Waals surface area contributed by atoms with Gasteiger partial charge in [0.15, 0.2) is 18.2 Å². The first-order chi connectivity index (χ1) is 18.5. The molecule has 12 heteroatoms. The standard InChI is InChI=1S/C27H30FN5O5.ClH/c28-19-14-29-20-2-4-23(36-12-11-34)33-24(20)18(19)5-6-27-9-7-26(8-10-27,16-38-27)30-13-17-1-3-21-25(31-17)32-22(35)15-37-21;/h1-4,14,30,34H,5-13,15-16H2,(H,31,32,35);1H. The normalized spacial score (nSPS) is 23.5. The van der Waals surface area contributed by atoms with Gasteiger partial charge in [-0.3, -0.25) is 9.78 Å². The zero-order valence-electron chi connectivity index (χ0n) is 21.4. The fraction of sp³-hybridized carbons (Fsp3) is 0.481. The number of ether oxygens (including phenoxy) is 3. The number of hydrogen-bond donors (Lipinski definition) is 3. The topological polar surface area (TPSA) is 128 Å². The first-order valence-electron chi connectivity index (χ1n) is 13.0. The predicted molar refractivity (Wildman–Crippen MR) is 143 cm³/mol. The number of carbonyl (C=O) groups is 1. The molecule has 3 aromatic rings. The molecular weight excluding hydrogens is 529 g/mol. The van der Waals surface area contributed by atoms with Crippen LogP contribution in [0.2, 0.25) is 0 Å². The number of carbonyl (C=O) groups excluding carboxylic acids is 1. The lowest BCUT2D eigenvalue weighted by Crippen LogP contribution is -2.61. The van der Waals surface area contributed by atoms with Crippen molar-refractivity contribution in [2.24, 2.45) is 0 Å². The van der Waals surface area contributed by atoms with Gasteiger partial charge < -0.3 is 30.0 Å². The van der Waals surface area contributed by atoms with E-state index in [1.165, 1.54) is 6.20 Å². The smallest absolute Gasteiger partial charge is 0.263 e. The summed E-state index contributed by atoms with van der Waals surface area (Å²) in [5.74, 6) is 0.783. The van der Waals surface area contributed by atoms with Crippen LogP contribution in [0.4, 0.5) is 10.2 Å². The molecule has 0 unspecified atom stereocenters. The molecule has 1 saturated carbocycles. The quantitative estimate of drug-likeness (QED) is 0.362. The monoisotopic (exact) mass is 559 g/mol. The molecule has 1 aliphatic carbocycles. The fourth-order valence-corrected chi connectivity index (χ4v) is 5.59. The number of amides is 1. The number of anilines is 1. The Balaban J connectivity index is 0.00000308. The van der Waals surface area contributed by atoms with Crippen LogP contribution in [0.3, 0.4) is 0 Å². The summed E-state index contributed by atoms with van der Waals surface area (Å²) in [7, 11) is 0. The van der Waals surface area contributed by atoms with E-state index in [1.807, 2.05) is 12.1 Å². The third kappa shape index (κ3) is 5.62. The number of rotatable bonds is 9. The summed E-state index contributed by atoms with van der Waals surface area (Å²) in [6.45, 7) is 1.14. The number of aliphatic hydroxyl groups excluding tert-OH is 1. The molecule has 3 fully saturated rings. The molecule has 0 radical (unpaired) electrons. The van der Waals surface area contributed by atoms with Gasteiger partial charge in [-0.2, -0.15) is 0 Å². The Morgan fingerprint density at radius 1 is 1.15 bits per heavy atom. The third-order valence-electron chi connectivity index (χ3n) is 7.86. The van der Waals surface area contributed by atoms with Crippen LogP contribution in [0.25, 0.3) is 11.0 Å². The fourth-order valence-electron chi connectivity index (χ4n) is 5.59. The molecule has 4 aliphatic rings. The van der Waals surface area contributed by atoms with Crippen LogP contribution in [0.15, 0.2) is 30.5 Å². The van der Waals surface area contributed by atoms with Crippen LogP contribution in [0.1, 0.15) is 43.4 Å². The molecule has 3 aromatic heterocycles. The van der Waals surface area contributed by atoms with E-state index in [0.29, 0.717) is 60.0 Å². The molecule has 0 aromatic carbocycles. The highest BCUT2D eigenvalue weighted by molar-refractivity contribution is 5.94. The molecule has 3 aliphatic heterocycles. The Morgan fingerprint density at radius 3 is 2.77 bits per heavy atom. The zero-order valence-corrected chi connectivity index (χ0v) is 22.2. The second kappa shape index (κ2) is 11.2. The lowest BCUT2D eigenvalue weighted by molar-refractivity contribution is -0.165. The number of halogens is 2. The van der Waals surface area contributed by atoms with Crippen molar-refractivity contribution in [1.29, 1.82) is 0 Å². The average molecular weight is 560 g/mol. The number of aryl methyl sites for hydroxylation is 1. The number of hydrogen-bond acceptors (Lipinski definition) is 9. The van der Waals surface area contributed by atoms with E-state index in [-0.39, 0.29) is 55.1 Å². The average Bonchev–Trinajstić information content (AvgIpc) is 2.95. The zero-order chi connectivity index (χ0) is 26.2. The maximum absolute atomic E-state index is 14.9. The number of aromatic nitrogens is 3. The van der Waals surface area contributed by atoms with Crippen molar-refractivity contribution in [3.63, 3.8) is 0 Å². The Bertz CT molecular complexity index is 1350. The van der Waals surface area contributed by atoms with Gasteiger partial charge in [0.05, 0.1) is 41.7 Å². The van der Waals surface area contributed by atoms with Crippen molar-refractivity contribution >= 4 is 35.2 Å². The van der Waals surface area contributed by atoms with Crippen LogP contribution in [0, 0.1) is 5.82 Å². The van der Waals surface area contributed by atoms with E-state index in [0.717, 1.165) is 31.4 Å². The number of aliphatic hydroxyl groups is 1. The van der Waals surface area contributed by atoms with Crippen molar-refractivity contribution in [3.05, 3.63) is 47.5 Å². The molecule has 0 atom stereocenters. The van der Waals surface area contributed by atoms with Gasteiger partial charge in [-0.05, 0) is 56.7 Å². The van der Waals surface area contributed by atoms with Crippen LogP contribution in [-0.2, 0) is 22.5 Å². The van der Waals surface area contributed by atoms with Crippen molar-refractivity contribution in [1.82, 2.24) is 20.3 Å². The summed E-state index contributed by atoms with van der Waals surface area (Å²) >= 11 is 0. The number of pyridine rings is 3. The SMILES string of the molecule is Cl.O=C1COc2ccc(CNC34CCC(CCc5c(F)cnc6ccc(OCCO)nc56)(CC3)OC4)nc2N1. The van der Waals surface area contributed by atoms with Gasteiger partial charge >= 0.3 is 0 Å². The van der Waals surface area contributed by atoms with E-state index in [9.17, 15) is 9.18 Å². The van der Waals surface area contributed by atoms with E-state index in [2.05, 4.69) is 25.6 Å². The predicted octanol–water partition coefficient (Wildman–Crippen LogP) is 3.09. The van der Waals surface area contributed by atoms with Crippen molar-refractivity contribution in [2.75, 3.05) is 31.7 Å². The lowest BCUT2D eigenvalue weighted by atomic mass is 9.69. The molecule has 6 heterocycles. The molecule has 1 amide bonds. The highest BCUT2D eigenvalue weighted by Gasteiger charge is 2.49. The largest absolute Gasteiger partial charge is 0.480 e. The van der Waals surface area contributed by atoms with Gasteiger partial charge in [0.1, 0.15) is 12.4 Å². The number of nitrogens with one attached hydrogen (secondary N) is 2. The first kappa shape index (κ1) is 27.4. The third-order valence-corrected chi connectivity index (χ3v) is 7.86. The van der Waals surface area contributed by atoms with Crippen molar-refractivity contribution in [3.8, 4) is 11.6 Å². The summed E-state index contributed by atoms with van der Waals surface area (Å²) in [5, 5.41) is 15.4. The van der Waals surface area contributed by atoms with E-state index in [1.54, 1.807) is 12.1 Å². The minimum Gasteiger partial charge on any atom is -0.480 e.